The van der Waals surface area contributed by atoms with E-state index in [9.17, 15) is 9.59 Å². The van der Waals surface area contributed by atoms with Crippen LogP contribution >= 0.6 is 11.3 Å². The Balaban J connectivity index is 1.60. The monoisotopic (exact) mass is 353 g/mol. The molecule has 2 fully saturated rings. The molecular weight excluding hydrogens is 330 g/mol. The van der Waals surface area contributed by atoms with Crippen LogP contribution in [0.4, 0.5) is 5.13 Å². The topological polar surface area (TPSA) is 96.5 Å². The Hall–Kier alpha value is -1.58. The molecule has 2 amide bonds. The largest absolute Gasteiger partial charge is 0.377 e. The van der Waals surface area contributed by atoms with Gasteiger partial charge in [0.2, 0.25) is 16.9 Å². The van der Waals surface area contributed by atoms with Crippen molar-refractivity contribution in [1.29, 1.82) is 0 Å². The molecule has 0 unspecified atom stereocenters. The van der Waals surface area contributed by atoms with Gasteiger partial charge in [-0.1, -0.05) is 24.2 Å². The average molecular weight is 353 g/mol. The molecule has 1 saturated carbocycles. The summed E-state index contributed by atoms with van der Waals surface area (Å²) in [5, 5.41) is 14.6. The lowest BCUT2D eigenvalue weighted by Gasteiger charge is -2.38. The molecule has 3 rings (SSSR count). The fraction of sp³-hybridized carbons (Fsp3) is 0.733. The van der Waals surface area contributed by atoms with Crippen molar-refractivity contribution in [2.24, 2.45) is 0 Å². The Morgan fingerprint density at radius 1 is 1.42 bits per heavy atom. The molecule has 24 heavy (non-hydrogen) atoms. The standard InChI is InChI=1S/C15H23N5O3S/c1-23-9-13-18-19-15(24-13)17-12(21)8-11-14(22)16-6-7-20(11)10-4-2-3-5-10/h10-11H,2-9H2,1H3,(H,16,22)(H,17,19,21)/t11-/m0/s1. The van der Waals surface area contributed by atoms with Gasteiger partial charge >= 0.3 is 0 Å². The zero-order valence-corrected chi connectivity index (χ0v) is 14.6. The second kappa shape index (κ2) is 8.00. The quantitative estimate of drug-likeness (QED) is 0.784. The first-order valence-corrected chi connectivity index (χ1v) is 9.13. The molecule has 1 aromatic rings. The molecular formula is C15H23N5O3S. The van der Waals surface area contributed by atoms with Crippen LogP contribution in [0.1, 0.15) is 37.1 Å². The minimum atomic E-state index is -0.395. The maximum absolute atomic E-state index is 12.3. The highest BCUT2D eigenvalue weighted by Crippen LogP contribution is 2.27. The molecule has 1 aliphatic carbocycles. The van der Waals surface area contributed by atoms with Gasteiger partial charge in [0.25, 0.3) is 0 Å². The van der Waals surface area contributed by atoms with Gasteiger partial charge in [-0.05, 0) is 12.8 Å². The number of nitrogens with one attached hydrogen (secondary N) is 2. The zero-order chi connectivity index (χ0) is 16.9. The lowest BCUT2D eigenvalue weighted by Crippen LogP contribution is -2.58. The zero-order valence-electron chi connectivity index (χ0n) is 13.8. The van der Waals surface area contributed by atoms with Crippen LogP contribution in [0.15, 0.2) is 0 Å². The minimum Gasteiger partial charge on any atom is -0.377 e. The summed E-state index contributed by atoms with van der Waals surface area (Å²) in [6.45, 7) is 1.84. The lowest BCUT2D eigenvalue weighted by atomic mass is 10.0. The Labute approximate surface area is 145 Å². The molecule has 1 aliphatic heterocycles. The number of piperazine rings is 1. The summed E-state index contributed by atoms with van der Waals surface area (Å²) in [6.07, 6.45) is 4.77. The summed E-state index contributed by atoms with van der Waals surface area (Å²) in [5.41, 5.74) is 0. The molecule has 2 N–H and O–H groups in total. The average Bonchev–Trinajstić information content (AvgIpc) is 3.22. The van der Waals surface area contributed by atoms with Crippen LogP contribution in [0.2, 0.25) is 0 Å². The van der Waals surface area contributed by atoms with E-state index in [4.69, 9.17) is 4.74 Å². The predicted octanol–water partition coefficient (Wildman–Crippen LogP) is 0.756. The maximum Gasteiger partial charge on any atom is 0.237 e. The van der Waals surface area contributed by atoms with Gasteiger partial charge in [0.1, 0.15) is 11.6 Å². The number of anilines is 1. The fourth-order valence-electron chi connectivity index (χ4n) is 3.45. The maximum atomic E-state index is 12.3. The van der Waals surface area contributed by atoms with Gasteiger partial charge in [-0.15, -0.1) is 10.2 Å². The number of hydrogen-bond acceptors (Lipinski definition) is 7. The smallest absolute Gasteiger partial charge is 0.237 e. The summed E-state index contributed by atoms with van der Waals surface area (Å²) < 4.78 is 4.99. The number of methoxy groups -OCH3 is 1. The Bertz CT molecular complexity index is 587. The number of carbonyl (C=O) groups is 2. The molecule has 2 aliphatic rings. The minimum absolute atomic E-state index is 0.0550. The van der Waals surface area contributed by atoms with Gasteiger partial charge in [0.15, 0.2) is 0 Å². The third-order valence-corrected chi connectivity index (χ3v) is 5.34. The van der Waals surface area contributed by atoms with Crippen LogP contribution in [-0.2, 0) is 20.9 Å². The molecule has 0 bridgehead atoms. The molecule has 132 valence electrons. The van der Waals surface area contributed by atoms with E-state index in [1.807, 2.05) is 0 Å². The number of amides is 2. The molecule has 1 atom stereocenters. The second-order valence-corrected chi connectivity index (χ2v) is 7.23. The van der Waals surface area contributed by atoms with E-state index < -0.39 is 6.04 Å². The van der Waals surface area contributed by atoms with E-state index in [0.29, 0.717) is 29.3 Å². The van der Waals surface area contributed by atoms with Crippen molar-refractivity contribution in [2.75, 3.05) is 25.5 Å². The number of hydrogen-bond donors (Lipinski definition) is 2. The summed E-state index contributed by atoms with van der Waals surface area (Å²) in [7, 11) is 1.58. The van der Waals surface area contributed by atoms with Crippen molar-refractivity contribution in [2.45, 2.75) is 50.8 Å². The van der Waals surface area contributed by atoms with Crippen LogP contribution in [0, 0.1) is 0 Å². The van der Waals surface area contributed by atoms with Gasteiger partial charge in [0.05, 0.1) is 12.5 Å². The highest BCUT2D eigenvalue weighted by Gasteiger charge is 2.36. The third kappa shape index (κ3) is 4.08. The summed E-state index contributed by atoms with van der Waals surface area (Å²) in [4.78, 5) is 26.8. The third-order valence-electron chi connectivity index (χ3n) is 4.53. The normalized spacial score (nSPS) is 22.5. The van der Waals surface area contributed by atoms with E-state index in [-0.39, 0.29) is 18.2 Å². The lowest BCUT2D eigenvalue weighted by molar-refractivity contribution is -0.133. The van der Waals surface area contributed by atoms with Gasteiger partial charge in [-0.25, -0.2) is 0 Å². The van der Waals surface area contributed by atoms with E-state index in [2.05, 4.69) is 25.7 Å². The van der Waals surface area contributed by atoms with Gasteiger partial charge < -0.3 is 15.4 Å². The highest BCUT2D eigenvalue weighted by atomic mass is 32.1. The fourth-order valence-corrected chi connectivity index (χ4v) is 4.18. The van der Waals surface area contributed by atoms with Gasteiger partial charge in [-0.2, -0.15) is 0 Å². The summed E-state index contributed by atoms with van der Waals surface area (Å²) in [5.74, 6) is -0.263. The molecule has 2 heterocycles. The molecule has 0 aromatic carbocycles. The van der Waals surface area contributed by atoms with Crippen molar-refractivity contribution in [1.82, 2.24) is 20.4 Å². The summed E-state index contributed by atoms with van der Waals surface area (Å²) in [6, 6.07) is 0.0249. The molecule has 9 heteroatoms. The number of nitrogens with zero attached hydrogens (tertiary/aromatic N) is 3. The van der Waals surface area contributed by atoms with Crippen LogP contribution < -0.4 is 10.6 Å². The van der Waals surface area contributed by atoms with Crippen LogP contribution in [-0.4, -0.2) is 59.2 Å². The van der Waals surface area contributed by atoms with Crippen molar-refractivity contribution in [3.63, 3.8) is 0 Å². The van der Waals surface area contributed by atoms with Crippen LogP contribution in [0.5, 0.6) is 0 Å². The van der Waals surface area contributed by atoms with Crippen molar-refractivity contribution in [3.8, 4) is 0 Å². The highest BCUT2D eigenvalue weighted by molar-refractivity contribution is 7.15. The van der Waals surface area contributed by atoms with E-state index in [1.54, 1.807) is 7.11 Å². The molecule has 8 nitrogen and oxygen atoms in total. The number of rotatable bonds is 6. The van der Waals surface area contributed by atoms with Crippen molar-refractivity contribution < 1.29 is 14.3 Å². The summed E-state index contributed by atoms with van der Waals surface area (Å²) >= 11 is 1.28. The van der Waals surface area contributed by atoms with Crippen molar-refractivity contribution in [3.05, 3.63) is 5.01 Å². The molecule has 1 aromatic heterocycles. The Morgan fingerprint density at radius 2 is 2.21 bits per heavy atom. The Morgan fingerprint density at radius 3 is 2.96 bits per heavy atom. The first-order chi connectivity index (χ1) is 11.7. The van der Waals surface area contributed by atoms with Crippen LogP contribution in [0.3, 0.4) is 0 Å². The van der Waals surface area contributed by atoms with Gasteiger partial charge in [-0.3, -0.25) is 14.5 Å². The molecule has 0 radical (unpaired) electrons. The van der Waals surface area contributed by atoms with Gasteiger partial charge in [0, 0.05) is 26.2 Å². The van der Waals surface area contributed by atoms with E-state index in [0.717, 1.165) is 19.4 Å². The Kier molecular flexibility index (Phi) is 5.75. The number of aromatic nitrogens is 2. The first kappa shape index (κ1) is 17.2. The molecule has 1 saturated heterocycles. The van der Waals surface area contributed by atoms with E-state index in [1.165, 1.54) is 24.2 Å². The molecule has 0 spiro atoms. The van der Waals surface area contributed by atoms with E-state index >= 15 is 0 Å². The second-order valence-electron chi connectivity index (χ2n) is 6.17. The number of carbonyl (C=O) groups excluding carboxylic acids is 2. The predicted molar refractivity (Wildman–Crippen MR) is 89.6 cm³/mol. The van der Waals surface area contributed by atoms with Crippen molar-refractivity contribution >= 4 is 28.3 Å². The van der Waals surface area contributed by atoms with Crippen LogP contribution in [0.25, 0.3) is 0 Å². The SMILES string of the molecule is COCc1nnc(NC(=O)C[C@H]2C(=O)NCCN2C2CCCC2)s1. The number of ether oxygens (including phenoxy) is 1. The first-order valence-electron chi connectivity index (χ1n) is 8.32.